The molecule has 0 saturated heterocycles. The van der Waals surface area contributed by atoms with Crippen molar-refractivity contribution in [2.75, 3.05) is 17.6 Å². The van der Waals surface area contributed by atoms with Gasteiger partial charge in [-0.3, -0.25) is 0 Å². The van der Waals surface area contributed by atoms with Crippen molar-refractivity contribution in [3.63, 3.8) is 0 Å². The third-order valence-corrected chi connectivity index (χ3v) is 5.84. The zero-order chi connectivity index (χ0) is 13.0. The predicted octanol–water partition coefficient (Wildman–Crippen LogP) is 2.63. The van der Waals surface area contributed by atoms with Gasteiger partial charge in [-0.2, -0.15) is 0 Å². The second-order valence-electron chi connectivity index (χ2n) is 4.92. The number of aryl methyl sites for hydroxylation is 1. The number of unbranched alkanes of at least 4 members (excludes halogenated alkanes) is 1. The van der Waals surface area contributed by atoms with E-state index in [4.69, 9.17) is 0 Å². The first-order valence-corrected chi connectivity index (χ1v) is 8.38. The molecule has 0 bridgehead atoms. The molecule has 3 nitrogen and oxygen atoms in total. The molecule has 1 aromatic carbocycles. The SMILES string of the molecule is CCCCS(=O)(=O)C1CCc2ccccc2NC1. The summed E-state index contributed by atoms with van der Waals surface area (Å²) in [5, 5.41) is 3.04. The van der Waals surface area contributed by atoms with Crippen LogP contribution in [0.25, 0.3) is 0 Å². The second-order valence-corrected chi connectivity index (χ2v) is 7.32. The smallest absolute Gasteiger partial charge is 0.154 e. The topological polar surface area (TPSA) is 46.2 Å². The van der Waals surface area contributed by atoms with Crippen LogP contribution in [0.15, 0.2) is 24.3 Å². The van der Waals surface area contributed by atoms with Gasteiger partial charge in [-0.05, 0) is 30.9 Å². The molecule has 4 heteroatoms. The van der Waals surface area contributed by atoms with E-state index in [9.17, 15) is 8.42 Å². The number of anilines is 1. The van der Waals surface area contributed by atoms with Crippen LogP contribution < -0.4 is 5.32 Å². The number of rotatable bonds is 4. The van der Waals surface area contributed by atoms with Crippen molar-refractivity contribution in [2.24, 2.45) is 0 Å². The molecular formula is C14H21NO2S. The summed E-state index contributed by atoms with van der Waals surface area (Å²) in [5.74, 6) is 0.326. The minimum absolute atomic E-state index is 0.239. The van der Waals surface area contributed by atoms with Gasteiger partial charge < -0.3 is 5.32 Å². The van der Waals surface area contributed by atoms with Crippen LogP contribution in [0, 0.1) is 0 Å². The minimum atomic E-state index is -2.95. The van der Waals surface area contributed by atoms with Crippen LogP contribution >= 0.6 is 0 Å². The van der Waals surface area contributed by atoms with Gasteiger partial charge in [0.25, 0.3) is 0 Å². The zero-order valence-electron chi connectivity index (χ0n) is 10.9. The molecule has 1 N–H and O–H groups in total. The first-order chi connectivity index (χ1) is 8.63. The van der Waals surface area contributed by atoms with Gasteiger partial charge in [0.05, 0.1) is 11.0 Å². The van der Waals surface area contributed by atoms with Gasteiger partial charge >= 0.3 is 0 Å². The third kappa shape index (κ3) is 3.05. The summed E-state index contributed by atoms with van der Waals surface area (Å²) in [7, 11) is -2.95. The molecule has 1 atom stereocenters. The summed E-state index contributed by atoms with van der Waals surface area (Å²) in [5.41, 5.74) is 2.32. The highest BCUT2D eigenvalue weighted by atomic mass is 32.2. The molecule has 1 aliphatic heterocycles. The molecular weight excluding hydrogens is 246 g/mol. The molecule has 0 aliphatic carbocycles. The number of hydrogen-bond acceptors (Lipinski definition) is 3. The van der Waals surface area contributed by atoms with Crippen molar-refractivity contribution in [1.82, 2.24) is 0 Å². The Bertz CT molecular complexity index is 469. The fourth-order valence-corrected chi connectivity index (χ4v) is 4.21. The third-order valence-electron chi connectivity index (χ3n) is 3.56. The first kappa shape index (κ1) is 13.4. The molecule has 0 saturated carbocycles. The van der Waals surface area contributed by atoms with Gasteiger partial charge in [0.15, 0.2) is 9.84 Å². The highest BCUT2D eigenvalue weighted by Gasteiger charge is 2.26. The van der Waals surface area contributed by atoms with Crippen molar-refractivity contribution in [3.8, 4) is 0 Å². The van der Waals surface area contributed by atoms with E-state index in [0.29, 0.717) is 12.3 Å². The second kappa shape index (κ2) is 5.74. The Morgan fingerprint density at radius 2 is 2.11 bits per heavy atom. The monoisotopic (exact) mass is 267 g/mol. The summed E-state index contributed by atoms with van der Waals surface area (Å²) in [6.45, 7) is 2.57. The zero-order valence-corrected chi connectivity index (χ0v) is 11.7. The predicted molar refractivity (Wildman–Crippen MR) is 75.7 cm³/mol. The Hall–Kier alpha value is -1.03. The number of nitrogens with one attached hydrogen (secondary N) is 1. The molecule has 1 aromatic rings. The number of benzene rings is 1. The molecule has 18 heavy (non-hydrogen) atoms. The molecule has 2 rings (SSSR count). The van der Waals surface area contributed by atoms with E-state index >= 15 is 0 Å². The highest BCUT2D eigenvalue weighted by molar-refractivity contribution is 7.92. The maximum absolute atomic E-state index is 12.2. The summed E-state index contributed by atoms with van der Waals surface area (Å²) < 4.78 is 24.4. The highest BCUT2D eigenvalue weighted by Crippen LogP contribution is 2.24. The van der Waals surface area contributed by atoms with Gasteiger partial charge in [-0.15, -0.1) is 0 Å². The van der Waals surface area contributed by atoms with Crippen LogP contribution in [0.3, 0.4) is 0 Å². The maximum Gasteiger partial charge on any atom is 0.154 e. The molecule has 1 heterocycles. The van der Waals surface area contributed by atoms with E-state index in [-0.39, 0.29) is 5.25 Å². The summed E-state index contributed by atoms with van der Waals surface area (Å²) in [4.78, 5) is 0. The van der Waals surface area contributed by atoms with Gasteiger partial charge in [0.1, 0.15) is 0 Å². The Balaban J connectivity index is 2.08. The van der Waals surface area contributed by atoms with E-state index in [0.717, 1.165) is 31.4 Å². The Morgan fingerprint density at radius 1 is 1.33 bits per heavy atom. The molecule has 0 radical (unpaired) electrons. The average Bonchev–Trinajstić information content (AvgIpc) is 2.59. The van der Waals surface area contributed by atoms with Crippen LogP contribution in [0.2, 0.25) is 0 Å². The van der Waals surface area contributed by atoms with Crippen molar-refractivity contribution < 1.29 is 8.42 Å². The van der Waals surface area contributed by atoms with E-state index in [1.807, 2.05) is 25.1 Å². The summed E-state index contributed by atoms with van der Waals surface area (Å²) in [6, 6.07) is 8.09. The lowest BCUT2D eigenvalue weighted by molar-refractivity contribution is 0.572. The molecule has 0 spiro atoms. The number of para-hydroxylation sites is 1. The molecule has 1 unspecified atom stereocenters. The molecule has 100 valence electrons. The van der Waals surface area contributed by atoms with Crippen LogP contribution in [-0.4, -0.2) is 26.0 Å². The van der Waals surface area contributed by atoms with E-state index in [1.165, 1.54) is 5.56 Å². The van der Waals surface area contributed by atoms with Crippen LogP contribution in [-0.2, 0) is 16.3 Å². The molecule has 1 aliphatic rings. The fraction of sp³-hybridized carbons (Fsp3) is 0.571. The van der Waals surface area contributed by atoms with E-state index < -0.39 is 9.84 Å². The first-order valence-electron chi connectivity index (χ1n) is 6.67. The molecule has 0 aromatic heterocycles. The van der Waals surface area contributed by atoms with Crippen molar-refractivity contribution in [2.45, 2.75) is 37.9 Å². The quantitative estimate of drug-likeness (QED) is 0.912. The van der Waals surface area contributed by atoms with Crippen LogP contribution in [0.1, 0.15) is 31.7 Å². The summed E-state index contributed by atoms with van der Waals surface area (Å²) >= 11 is 0. The van der Waals surface area contributed by atoms with Crippen LogP contribution in [0.4, 0.5) is 5.69 Å². The number of hydrogen-bond donors (Lipinski definition) is 1. The van der Waals surface area contributed by atoms with Gasteiger partial charge in [-0.1, -0.05) is 31.5 Å². The number of fused-ring (bicyclic) bond motifs is 1. The Morgan fingerprint density at radius 3 is 2.89 bits per heavy atom. The number of sulfone groups is 1. The van der Waals surface area contributed by atoms with Gasteiger partial charge in [-0.25, -0.2) is 8.42 Å². The minimum Gasteiger partial charge on any atom is -0.384 e. The normalized spacial score (nSPS) is 19.7. The maximum atomic E-state index is 12.2. The average molecular weight is 267 g/mol. The Labute approximate surface area is 110 Å². The van der Waals surface area contributed by atoms with Crippen molar-refractivity contribution in [3.05, 3.63) is 29.8 Å². The van der Waals surface area contributed by atoms with Gasteiger partial charge in [0.2, 0.25) is 0 Å². The van der Waals surface area contributed by atoms with E-state index in [2.05, 4.69) is 11.4 Å². The van der Waals surface area contributed by atoms with Crippen molar-refractivity contribution in [1.29, 1.82) is 0 Å². The largest absolute Gasteiger partial charge is 0.384 e. The van der Waals surface area contributed by atoms with Gasteiger partial charge in [0, 0.05) is 12.2 Å². The lowest BCUT2D eigenvalue weighted by atomic mass is 10.1. The standard InChI is InChI=1S/C14H21NO2S/c1-2-3-10-18(16,17)13-9-8-12-6-4-5-7-14(12)15-11-13/h4-7,13,15H,2-3,8-11H2,1H3. The fourth-order valence-electron chi connectivity index (χ4n) is 2.37. The molecule has 0 fully saturated rings. The Kier molecular flexibility index (Phi) is 4.27. The molecule has 0 amide bonds. The van der Waals surface area contributed by atoms with Crippen molar-refractivity contribution >= 4 is 15.5 Å². The van der Waals surface area contributed by atoms with E-state index in [1.54, 1.807) is 0 Å². The lowest BCUT2D eigenvalue weighted by Crippen LogP contribution is -2.30. The van der Waals surface area contributed by atoms with Crippen LogP contribution in [0.5, 0.6) is 0 Å². The lowest BCUT2D eigenvalue weighted by Gasteiger charge is -2.15. The summed E-state index contributed by atoms with van der Waals surface area (Å²) in [6.07, 6.45) is 3.28.